The fraction of sp³-hybridized carbons (Fsp3) is 1.00. The van der Waals surface area contributed by atoms with Gasteiger partial charge in [-0.15, -0.1) is 0 Å². The van der Waals surface area contributed by atoms with Crippen LogP contribution in [0.5, 0.6) is 0 Å². The first kappa shape index (κ1) is 16.9. The molecule has 0 aromatic carbocycles. The molecule has 2 unspecified atom stereocenters. The van der Waals surface area contributed by atoms with Gasteiger partial charge in [0.05, 0.1) is 13.2 Å². The predicted octanol–water partition coefficient (Wildman–Crippen LogP) is 1.88. The smallest absolute Gasteiger partial charge is 0.0593 e. The van der Waals surface area contributed by atoms with Gasteiger partial charge in [-0.25, -0.2) is 0 Å². The van der Waals surface area contributed by atoms with Gasteiger partial charge in [-0.2, -0.15) is 0 Å². The molecule has 1 fully saturated rings. The molecule has 1 saturated carbocycles. The summed E-state index contributed by atoms with van der Waals surface area (Å²) in [7, 11) is 0. The third-order valence-corrected chi connectivity index (χ3v) is 3.97. The Balaban J connectivity index is 2.32. The molecule has 2 atom stereocenters. The van der Waals surface area contributed by atoms with E-state index in [1.54, 1.807) is 0 Å². The first-order valence-corrected chi connectivity index (χ1v) is 7.91. The molecule has 0 aromatic heterocycles. The molecule has 2 N–H and O–H groups in total. The second-order valence-corrected chi connectivity index (χ2v) is 5.40. The second kappa shape index (κ2) is 10.6. The Morgan fingerprint density at radius 3 is 2.11 bits per heavy atom. The van der Waals surface area contributed by atoms with E-state index in [4.69, 9.17) is 15.2 Å². The van der Waals surface area contributed by atoms with Crippen molar-refractivity contribution >= 4 is 0 Å². The van der Waals surface area contributed by atoms with Gasteiger partial charge in [-0.1, -0.05) is 12.8 Å². The lowest BCUT2D eigenvalue weighted by molar-refractivity contribution is 0.0698. The fourth-order valence-corrected chi connectivity index (χ4v) is 2.77. The Bertz CT molecular complexity index is 204. The van der Waals surface area contributed by atoms with Crippen LogP contribution in [0, 0.1) is 5.92 Å². The molecule has 4 nitrogen and oxygen atoms in total. The molecule has 114 valence electrons. The van der Waals surface area contributed by atoms with Crippen LogP contribution < -0.4 is 5.73 Å². The first-order valence-electron chi connectivity index (χ1n) is 7.91. The topological polar surface area (TPSA) is 47.7 Å². The first-order chi connectivity index (χ1) is 9.27. The van der Waals surface area contributed by atoms with Crippen LogP contribution in [0.2, 0.25) is 0 Å². The van der Waals surface area contributed by atoms with Crippen LogP contribution in [0.3, 0.4) is 0 Å². The minimum Gasteiger partial charge on any atom is -0.380 e. The van der Waals surface area contributed by atoms with Crippen molar-refractivity contribution in [2.45, 2.75) is 45.6 Å². The second-order valence-electron chi connectivity index (χ2n) is 5.40. The van der Waals surface area contributed by atoms with Gasteiger partial charge in [0.15, 0.2) is 0 Å². The zero-order valence-electron chi connectivity index (χ0n) is 12.8. The number of hydrogen-bond donors (Lipinski definition) is 1. The SMILES string of the molecule is CCOCCN(CCOCC)CC1CCCCC1N. The Labute approximate surface area is 118 Å². The Morgan fingerprint density at radius 1 is 1.00 bits per heavy atom. The summed E-state index contributed by atoms with van der Waals surface area (Å²) in [5.74, 6) is 0.650. The van der Waals surface area contributed by atoms with Crippen LogP contribution in [0.25, 0.3) is 0 Å². The number of rotatable bonds is 10. The summed E-state index contributed by atoms with van der Waals surface area (Å²) in [6.07, 6.45) is 5.11. The van der Waals surface area contributed by atoms with Gasteiger partial charge < -0.3 is 15.2 Å². The van der Waals surface area contributed by atoms with E-state index in [2.05, 4.69) is 4.90 Å². The molecule has 0 aliphatic heterocycles. The van der Waals surface area contributed by atoms with Crippen molar-refractivity contribution in [3.63, 3.8) is 0 Å². The van der Waals surface area contributed by atoms with Gasteiger partial charge in [-0.3, -0.25) is 4.90 Å². The van der Waals surface area contributed by atoms with Crippen LogP contribution in [0.1, 0.15) is 39.5 Å². The zero-order valence-corrected chi connectivity index (χ0v) is 12.8. The maximum atomic E-state index is 6.25. The molecule has 4 heteroatoms. The lowest BCUT2D eigenvalue weighted by Gasteiger charge is -2.33. The number of nitrogens with zero attached hydrogens (tertiary/aromatic N) is 1. The molecule has 0 radical (unpaired) electrons. The monoisotopic (exact) mass is 272 g/mol. The third kappa shape index (κ3) is 7.25. The fourth-order valence-electron chi connectivity index (χ4n) is 2.77. The van der Waals surface area contributed by atoms with Crippen molar-refractivity contribution in [3.8, 4) is 0 Å². The van der Waals surface area contributed by atoms with Crippen LogP contribution in [0.4, 0.5) is 0 Å². The van der Waals surface area contributed by atoms with Crippen LogP contribution >= 0.6 is 0 Å². The predicted molar refractivity (Wildman–Crippen MR) is 79.4 cm³/mol. The van der Waals surface area contributed by atoms with Gasteiger partial charge >= 0.3 is 0 Å². The van der Waals surface area contributed by atoms with E-state index in [1.807, 2.05) is 13.8 Å². The third-order valence-electron chi connectivity index (χ3n) is 3.97. The molecule has 0 aromatic rings. The maximum absolute atomic E-state index is 6.25. The molecule has 0 spiro atoms. The Hall–Kier alpha value is -0.160. The van der Waals surface area contributed by atoms with Crippen molar-refractivity contribution in [1.29, 1.82) is 0 Å². The standard InChI is InChI=1S/C15H32N2O2/c1-3-18-11-9-17(10-12-19-4-2)13-14-7-5-6-8-15(14)16/h14-15H,3-13,16H2,1-2H3. The summed E-state index contributed by atoms with van der Waals surface area (Å²) in [6, 6.07) is 0.385. The number of nitrogens with two attached hydrogens (primary N) is 1. The minimum absolute atomic E-state index is 0.385. The van der Waals surface area contributed by atoms with E-state index in [0.29, 0.717) is 12.0 Å². The van der Waals surface area contributed by atoms with E-state index in [9.17, 15) is 0 Å². The molecule has 1 aliphatic carbocycles. The van der Waals surface area contributed by atoms with Crippen molar-refractivity contribution < 1.29 is 9.47 Å². The highest BCUT2D eigenvalue weighted by molar-refractivity contribution is 4.80. The van der Waals surface area contributed by atoms with Crippen LogP contribution in [0.15, 0.2) is 0 Å². The number of hydrogen-bond acceptors (Lipinski definition) is 4. The summed E-state index contributed by atoms with van der Waals surface area (Å²) in [4.78, 5) is 2.46. The normalized spacial score (nSPS) is 24.0. The molecule has 0 heterocycles. The largest absolute Gasteiger partial charge is 0.380 e. The van der Waals surface area contributed by atoms with Gasteiger partial charge in [0.25, 0.3) is 0 Å². The summed E-state index contributed by atoms with van der Waals surface area (Å²) in [5.41, 5.74) is 6.25. The molecule has 0 amide bonds. The molecular weight excluding hydrogens is 240 g/mol. The molecular formula is C15H32N2O2. The van der Waals surface area contributed by atoms with E-state index >= 15 is 0 Å². The molecule has 0 saturated heterocycles. The highest BCUT2D eigenvalue weighted by Gasteiger charge is 2.23. The van der Waals surface area contributed by atoms with Crippen LogP contribution in [-0.2, 0) is 9.47 Å². The Morgan fingerprint density at radius 2 is 1.58 bits per heavy atom. The minimum atomic E-state index is 0.385. The highest BCUT2D eigenvalue weighted by atomic mass is 16.5. The van der Waals surface area contributed by atoms with Gasteiger partial charge in [-0.05, 0) is 32.6 Å². The van der Waals surface area contributed by atoms with Crippen molar-refractivity contribution in [2.75, 3.05) is 46.1 Å². The highest BCUT2D eigenvalue weighted by Crippen LogP contribution is 2.23. The summed E-state index contributed by atoms with van der Waals surface area (Å²) < 4.78 is 10.9. The summed E-state index contributed by atoms with van der Waals surface area (Å²) in [6.45, 7) is 10.4. The van der Waals surface area contributed by atoms with E-state index in [-0.39, 0.29) is 0 Å². The lowest BCUT2D eigenvalue weighted by Crippen LogP contribution is -2.43. The van der Waals surface area contributed by atoms with Crippen molar-refractivity contribution in [1.82, 2.24) is 4.90 Å². The zero-order chi connectivity index (χ0) is 13.9. The van der Waals surface area contributed by atoms with E-state index < -0.39 is 0 Å². The van der Waals surface area contributed by atoms with Gasteiger partial charge in [0.2, 0.25) is 0 Å². The molecule has 0 bridgehead atoms. The molecule has 1 rings (SSSR count). The van der Waals surface area contributed by atoms with Gasteiger partial charge in [0.1, 0.15) is 0 Å². The number of ether oxygens (including phenoxy) is 2. The average Bonchev–Trinajstić information content (AvgIpc) is 2.41. The van der Waals surface area contributed by atoms with Crippen LogP contribution in [-0.4, -0.2) is 57.0 Å². The summed E-state index contributed by atoms with van der Waals surface area (Å²) in [5, 5.41) is 0. The molecule has 19 heavy (non-hydrogen) atoms. The van der Waals surface area contributed by atoms with E-state index in [1.165, 1.54) is 25.7 Å². The van der Waals surface area contributed by atoms with Crippen molar-refractivity contribution in [3.05, 3.63) is 0 Å². The average molecular weight is 272 g/mol. The van der Waals surface area contributed by atoms with Crippen molar-refractivity contribution in [2.24, 2.45) is 11.7 Å². The van der Waals surface area contributed by atoms with Gasteiger partial charge in [0, 0.05) is 38.9 Å². The summed E-state index contributed by atoms with van der Waals surface area (Å²) >= 11 is 0. The quantitative estimate of drug-likeness (QED) is 0.617. The maximum Gasteiger partial charge on any atom is 0.0593 e. The lowest BCUT2D eigenvalue weighted by atomic mass is 9.85. The Kier molecular flexibility index (Phi) is 9.43. The molecule has 1 aliphatic rings. The van der Waals surface area contributed by atoms with E-state index in [0.717, 1.165) is 46.1 Å².